The van der Waals surface area contributed by atoms with Crippen LogP contribution in [0.15, 0.2) is 55.1 Å². The predicted molar refractivity (Wildman–Crippen MR) is 177 cm³/mol. The fourth-order valence-corrected chi connectivity index (χ4v) is 6.68. The Morgan fingerprint density at radius 2 is 1.84 bits per heavy atom. The summed E-state index contributed by atoms with van der Waals surface area (Å²) in [5.41, 5.74) is 3.58. The number of carbonyl (C=O) groups excluding carboxylic acids is 1. The zero-order valence-corrected chi connectivity index (χ0v) is 28.4. The van der Waals surface area contributed by atoms with E-state index in [1.807, 2.05) is 59.1 Å². The van der Waals surface area contributed by atoms with E-state index in [4.69, 9.17) is 19.2 Å². The summed E-state index contributed by atoms with van der Waals surface area (Å²) in [6.07, 6.45) is 7.30. The molecule has 6 rings (SSSR count). The van der Waals surface area contributed by atoms with Crippen LogP contribution in [0.25, 0.3) is 28.2 Å². The largest absolute Gasteiger partial charge is 0.361 e. The van der Waals surface area contributed by atoms with Gasteiger partial charge in [-0.25, -0.2) is 19.3 Å². The van der Waals surface area contributed by atoms with Crippen molar-refractivity contribution in [3.8, 4) is 22.5 Å². The summed E-state index contributed by atoms with van der Waals surface area (Å²) < 4.78 is 21.5. The van der Waals surface area contributed by atoms with Gasteiger partial charge < -0.3 is 23.7 Å². The maximum Gasteiger partial charge on any atom is 0.326 e. The Bertz CT molecular complexity index is 1640. The first kappa shape index (κ1) is 31.4. The molecule has 2 saturated heterocycles. The van der Waals surface area contributed by atoms with E-state index in [0.717, 1.165) is 35.2 Å². The summed E-state index contributed by atoms with van der Waals surface area (Å²) >= 11 is 0. The number of aromatic nitrogens is 5. The Hall–Kier alpha value is -3.58. The molecule has 12 heteroatoms. The average molecular weight is 632 g/mol. The van der Waals surface area contributed by atoms with E-state index in [9.17, 15) is 4.79 Å². The molecular weight excluding hydrogens is 586 g/mol. The standard InChI is InChI=1S/C33H45N7O4Si/c1-23(2)28-20-38(19-26-21-43-33(3,4)44-26)32(41)40(28)29-12-14-39-31(36-29)27(18-35-39)24-8-10-25(11-9-24)30-34-13-15-37(30)22-42-16-17-45(5,6)7/h8-15,18,23,26,28H,16-17,19-22H2,1-7H3/t26-,28+/m0/s1. The molecule has 0 bridgehead atoms. The van der Waals surface area contributed by atoms with Crippen molar-refractivity contribution in [3.63, 3.8) is 0 Å². The van der Waals surface area contributed by atoms with E-state index < -0.39 is 13.9 Å². The van der Waals surface area contributed by atoms with Crippen LogP contribution in [0.4, 0.5) is 10.6 Å². The summed E-state index contributed by atoms with van der Waals surface area (Å²) in [5, 5.41) is 4.56. The van der Waals surface area contributed by atoms with Gasteiger partial charge in [0.15, 0.2) is 11.4 Å². The molecule has 3 aromatic heterocycles. The number of hydrogen-bond donors (Lipinski definition) is 0. The number of imidazole rings is 1. The van der Waals surface area contributed by atoms with Crippen molar-refractivity contribution in [2.75, 3.05) is 31.2 Å². The molecule has 0 saturated carbocycles. The van der Waals surface area contributed by atoms with E-state index in [-0.39, 0.29) is 24.1 Å². The summed E-state index contributed by atoms with van der Waals surface area (Å²) in [6, 6.07) is 11.2. The molecule has 5 heterocycles. The number of amides is 2. The van der Waals surface area contributed by atoms with Crippen molar-refractivity contribution in [2.45, 2.75) is 78.0 Å². The lowest BCUT2D eigenvalue weighted by molar-refractivity contribution is -0.139. The van der Waals surface area contributed by atoms with E-state index >= 15 is 0 Å². The molecule has 240 valence electrons. The van der Waals surface area contributed by atoms with Crippen molar-refractivity contribution in [3.05, 3.63) is 55.1 Å². The summed E-state index contributed by atoms with van der Waals surface area (Å²) in [5.74, 6) is 1.09. The molecule has 0 unspecified atom stereocenters. The van der Waals surface area contributed by atoms with Crippen molar-refractivity contribution >= 4 is 25.6 Å². The minimum Gasteiger partial charge on any atom is -0.361 e. The molecule has 2 aliphatic heterocycles. The molecule has 4 aromatic rings. The molecule has 2 atom stereocenters. The Kier molecular flexibility index (Phi) is 8.59. The Balaban J connectivity index is 1.21. The molecule has 11 nitrogen and oxygen atoms in total. The van der Waals surface area contributed by atoms with Gasteiger partial charge in [-0.15, -0.1) is 0 Å². The molecule has 2 aliphatic rings. The molecule has 2 fully saturated rings. The van der Waals surface area contributed by atoms with Crippen molar-refractivity contribution in [1.29, 1.82) is 0 Å². The highest BCUT2D eigenvalue weighted by atomic mass is 28.3. The third kappa shape index (κ3) is 6.84. The van der Waals surface area contributed by atoms with E-state index in [0.29, 0.717) is 37.9 Å². The molecule has 45 heavy (non-hydrogen) atoms. The van der Waals surface area contributed by atoms with Gasteiger partial charge in [0.2, 0.25) is 0 Å². The van der Waals surface area contributed by atoms with Crippen LogP contribution in [-0.2, 0) is 20.9 Å². The Morgan fingerprint density at radius 1 is 1.09 bits per heavy atom. The first-order valence-electron chi connectivity index (χ1n) is 15.8. The number of ether oxygens (including phenoxy) is 3. The van der Waals surface area contributed by atoms with Gasteiger partial charge in [-0.2, -0.15) is 5.10 Å². The monoisotopic (exact) mass is 631 g/mol. The second kappa shape index (κ2) is 12.3. The van der Waals surface area contributed by atoms with Gasteiger partial charge in [-0.1, -0.05) is 57.8 Å². The molecule has 0 aliphatic carbocycles. The minimum atomic E-state index is -1.14. The summed E-state index contributed by atoms with van der Waals surface area (Å²) in [6.45, 7) is 17.9. The molecule has 0 N–H and O–H groups in total. The number of anilines is 1. The maximum absolute atomic E-state index is 13.8. The number of fused-ring (bicyclic) bond motifs is 1. The van der Waals surface area contributed by atoms with Crippen LogP contribution in [-0.4, -0.2) is 87.4 Å². The highest BCUT2D eigenvalue weighted by Crippen LogP contribution is 2.32. The fourth-order valence-electron chi connectivity index (χ4n) is 5.92. The Labute approximate surface area is 266 Å². The van der Waals surface area contributed by atoms with Gasteiger partial charge in [0.1, 0.15) is 24.5 Å². The normalized spacial score (nSPS) is 20.3. The lowest BCUT2D eigenvalue weighted by Crippen LogP contribution is -2.40. The number of carbonyl (C=O) groups is 1. The lowest BCUT2D eigenvalue weighted by Gasteiger charge is -2.25. The highest BCUT2D eigenvalue weighted by Gasteiger charge is 2.43. The SMILES string of the molecule is CC(C)[C@H]1CN(C[C@H]2COC(C)(C)O2)C(=O)N1c1ccn2ncc(-c3ccc(-c4nccn4COCC[Si](C)(C)C)cc3)c2n1. The first-order valence-corrected chi connectivity index (χ1v) is 19.5. The zero-order valence-electron chi connectivity index (χ0n) is 27.4. The van der Waals surface area contributed by atoms with Gasteiger partial charge in [0.25, 0.3) is 0 Å². The lowest BCUT2D eigenvalue weighted by atomic mass is 10.0. The average Bonchev–Trinajstić information content (AvgIpc) is 3.76. The quantitative estimate of drug-likeness (QED) is 0.148. The zero-order chi connectivity index (χ0) is 31.9. The highest BCUT2D eigenvalue weighted by molar-refractivity contribution is 6.76. The van der Waals surface area contributed by atoms with Crippen LogP contribution >= 0.6 is 0 Å². The molecular formula is C33H45N7O4Si. The minimum absolute atomic E-state index is 0.0169. The third-order valence-corrected chi connectivity index (χ3v) is 10.2. The number of hydrogen-bond acceptors (Lipinski definition) is 7. The topological polar surface area (TPSA) is 99.2 Å². The van der Waals surface area contributed by atoms with E-state index in [1.54, 1.807) is 4.52 Å². The van der Waals surface area contributed by atoms with Crippen LogP contribution in [0.2, 0.25) is 25.7 Å². The maximum atomic E-state index is 13.8. The van der Waals surface area contributed by atoms with Crippen molar-refractivity contribution < 1.29 is 19.0 Å². The third-order valence-electron chi connectivity index (χ3n) is 8.47. The molecule has 0 spiro atoms. The van der Waals surface area contributed by atoms with Crippen LogP contribution in [0.1, 0.15) is 27.7 Å². The van der Waals surface area contributed by atoms with Crippen molar-refractivity contribution in [1.82, 2.24) is 29.0 Å². The van der Waals surface area contributed by atoms with Crippen LogP contribution in [0.3, 0.4) is 0 Å². The van der Waals surface area contributed by atoms with Crippen LogP contribution < -0.4 is 4.90 Å². The van der Waals surface area contributed by atoms with Crippen LogP contribution in [0, 0.1) is 5.92 Å². The van der Waals surface area contributed by atoms with Gasteiger partial charge in [-0.3, -0.25) is 4.90 Å². The number of benzene rings is 1. The van der Waals surface area contributed by atoms with E-state index in [2.05, 4.69) is 67.8 Å². The van der Waals surface area contributed by atoms with Crippen LogP contribution in [0.5, 0.6) is 0 Å². The predicted octanol–water partition coefficient (Wildman–Crippen LogP) is 5.99. The van der Waals surface area contributed by atoms with E-state index in [1.165, 1.54) is 0 Å². The fraction of sp³-hybridized carbons (Fsp3) is 0.515. The van der Waals surface area contributed by atoms with Crippen molar-refractivity contribution in [2.24, 2.45) is 5.92 Å². The number of nitrogens with zero attached hydrogens (tertiary/aromatic N) is 7. The molecule has 1 aromatic carbocycles. The number of rotatable bonds is 11. The van der Waals surface area contributed by atoms with Gasteiger partial charge >= 0.3 is 6.03 Å². The number of urea groups is 1. The second-order valence-electron chi connectivity index (χ2n) is 14.1. The summed E-state index contributed by atoms with van der Waals surface area (Å²) in [4.78, 5) is 27.1. The van der Waals surface area contributed by atoms with Gasteiger partial charge in [0, 0.05) is 50.9 Å². The molecule has 2 amide bonds. The second-order valence-corrected chi connectivity index (χ2v) is 19.7. The first-order chi connectivity index (χ1) is 21.4. The van der Waals surface area contributed by atoms with Gasteiger partial charge in [-0.05, 0) is 37.4 Å². The van der Waals surface area contributed by atoms with Gasteiger partial charge in [0.05, 0.1) is 25.4 Å². The summed E-state index contributed by atoms with van der Waals surface area (Å²) in [7, 11) is -1.14. The smallest absolute Gasteiger partial charge is 0.326 e. The molecule has 0 radical (unpaired) electrons. The Morgan fingerprint density at radius 3 is 2.53 bits per heavy atom.